The Balaban J connectivity index is 0.000000233. The van der Waals surface area contributed by atoms with E-state index in [0.29, 0.717) is 5.92 Å². The molecule has 2 aliphatic rings. The van der Waals surface area contributed by atoms with Gasteiger partial charge in [-0.1, -0.05) is 56.2 Å². The number of rotatable bonds is 0. The normalized spacial score (nSPS) is 17.5. The fourth-order valence-corrected chi connectivity index (χ4v) is 4.75. The molecule has 5 rings (SSSR count). The van der Waals surface area contributed by atoms with E-state index < -0.39 is 0 Å². The molecule has 0 spiro atoms. The quantitative estimate of drug-likeness (QED) is 0.400. The van der Waals surface area contributed by atoms with Crippen LogP contribution in [-0.4, -0.2) is 3.21 Å². The van der Waals surface area contributed by atoms with Gasteiger partial charge in [-0.2, -0.15) is 6.08 Å². The molecule has 0 saturated heterocycles. The maximum absolute atomic E-state index is 3.29. The molecule has 1 unspecified atom stereocenters. The van der Waals surface area contributed by atoms with Gasteiger partial charge in [0.2, 0.25) is 0 Å². The first-order valence-electron chi connectivity index (χ1n) is 10.4. The van der Waals surface area contributed by atoms with E-state index in [4.69, 9.17) is 0 Å². The van der Waals surface area contributed by atoms with Gasteiger partial charge in [-0.15, -0.1) is 46.7 Å². The zero-order chi connectivity index (χ0) is 19.9. The van der Waals surface area contributed by atoms with E-state index in [1.165, 1.54) is 64.8 Å². The monoisotopic (exact) mass is 514 g/mol. The summed E-state index contributed by atoms with van der Waals surface area (Å²) in [7, 11) is 0. The second-order valence-electron chi connectivity index (χ2n) is 7.89. The topological polar surface area (TPSA) is 0 Å². The van der Waals surface area contributed by atoms with Crippen LogP contribution >= 0.6 is 0 Å². The van der Waals surface area contributed by atoms with E-state index in [0.717, 1.165) is 0 Å². The van der Waals surface area contributed by atoms with Crippen molar-refractivity contribution >= 4 is 24.8 Å². The van der Waals surface area contributed by atoms with Crippen molar-refractivity contribution in [1.29, 1.82) is 0 Å². The minimum atomic E-state index is 0. The van der Waals surface area contributed by atoms with E-state index in [-0.39, 0.29) is 24.8 Å². The van der Waals surface area contributed by atoms with Crippen LogP contribution < -0.4 is 24.8 Å². The zero-order valence-corrected chi connectivity index (χ0v) is 22.1. The molecule has 0 aromatic heterocycles. The molecule has 0 radical (unpaired) electrons. The molecular weight excluding hydrogens is 486 g/mol. The summed E-state index contributed by atoms with van der Waals surface area (Å²) >= 11 is 1.69. The largest absolute Gasteiger partial charge is 0.126 e. The van der Waals surface area contributed by atoms with E-state index >= 15 is 0 Å². The van der Waals surface area contributed by atoms with Gasteiger partial charge < -0.3 is 24.8 Å². The van der Waals surface area contributed by atoms with Crippen LogP contribution in [0.25, 0.3) is 21.5 Å². The predicted octanol–water partition coefficient (Wildman–Crippen LogP) is 1.72. The van der Waals surface area contributed by atoms with Gasteiger partial charge in [0.1, 0.15) is 0 Å². The van der Waals surface area contributed by atoms with Crippen molar-refractivity contribution in [3.8, 4) is 0 Å². The Morgan fingerprint density at radius 3 is 1.67 bits per heavy atom. The molecule has 0 N–H and O–H groups in total. The maximum Gasteiger partial charge on any atom is -0.0771 e. The van der Waals surface area contributed by atoms with Crippen LogP contribution in [0.15, 0.2) is 71.8 Å². The molecule has 158 valence electrons. The van der Waals surface area contributed by atoms with Crippen molar-refractivity contribution in [2.75, 3.05) is 0 Å². The smallest absolute Gasteiger partial charge is 0.0771 e. The minimum Gasteiger partial charge on any atom is -0.126 e. The molecule has 1 atom stereocenters. The Labute approximate surface area is 209 Å². The Morgan fingerprint density at radius 1 is 0.833 bits per heavy atom. The Bertz CT molecular complexity index is 934. The third-order valence-electron chi connectivity index (χ3n) is 5.52. The average molecular weight is 517 g/mol. The number of hydrogen-bond donors (Lipinski definition) is 0. The molecule has 1 fully saturated rings. The molecule has 2 aliphatic carbocycles. The molecule has 0 aliphatic heterocycles. The fraction of sp³-hybridized carbons (Fsp3) is 0.333. The third-order valence-corrected chi connectivity index (χ3v) is 6.74. The summed E-state index contributed by atoms with van der Waals surface area (Å²) in [4.78, 5) is 0. The van der Waals surface area contributed by atoms with Crippen LogP contribution in [0.1, 0.15) is 52.9 Å². The van der Waals surface area contributed by atoms with E-state index in [1.54, 1.807) is 27.4 Å². The Morgan fingerprint density at radius 2 is 1.33 bits per heavy atom. The molecule has 0 amide bonds. The van der Waals surface area contributed by atoms with Gasteiger partial charge in [0.25, 0.3) is 0 Å². The van der Waals surface area contributed by atoms with Crippen molar-refractivity contribution < 1.29 is 49.0 Å². The first kappa shape index (κ1) is 27.2. The predicted molar refractivity (Wildman–Crippen MR) is 120 cm³/mol. The van der Waals surface area contributed by atoms with Crippen LogP contribution in [0.3, 0.4) is 0 Å². The van der Waals surface area contributed by atoms with Crippen molar-refractivity contribution in [1.82, 2.24) is 0 Å². The summed E-state index contributed by atoms with van der Waals surface area (Å²) in [6.45, 7) is 6.39. The molecule has 3 aromatic carbocycles. The second-order valence-corrected chi connectivity index (χ2v) is 9.63. The number of hydrogen-bond acceptors (Lipinski definition) is 0. The zero-order valence-electron chi connectivity index (χ0n) is 18.1. The van der Waals surface area contributed by atoms with Crippen molar-refractivity contribution in [3.05, 3.63) is 77.9 Å². The van der Waals surface area contributed by atoms with Gasteiger partial charge >= 0.3 is 59.5 Å². The van der Waals surface area contributed by atoms with Gasteiger partial charge in [-0.3, -0.25) is 6.08 Å². The van der Waals surface area contributed by atoms with Gasteiger partial charge in [-0.25, -0.2) is 11.1 Å². The Hall–Kier alpha value is -0.877. The Kier molecular flexibility index (Phi) is 12.2. The summed E-state index contributed by atoms with van der Waals surface area (Å²) < 4.78 is 1.80. The van der Waals surface area contributed by atoms with Crippen molar-refractivity contribution in [2.45, 2.75) is 52.9 Å². The summed E-state index contributed by atoms with van der Waals surface area (Å²) in [6.07, 6.45) is 12.8. The van der Waals surface area contributed by atoms with E-state index in [2.05, 4.69) is 87.5 Å². The molecule has 0 bridgehead atoms. The summed E-state index contributed by atoms with van der Waals surface area (Å²) in [5.74, 6) is 0.551. The van der Waals surface area contributed by atoms with Crippen LogP contribution in [0.4, 0.5) is 0 Å². The molecule has 1 saturated carbocycles. The van der Waals surface area contributed by atoms with E-state index in [1.807, 2.05) is 0 Å². The number of fused-ring (bicyclic) bond motifs is 3. The van der Waals surface area contributed by atoms with Crippen LogP contribution in [0.2, 0.25) is 0 Å². The average Bonchev–Trinajstić information content (AvgIpc) is 3.22. The number of benzene rings is 2. The molecule has 30 heavy (non-hydrogen) atoms. The standard InChI is InChI=1S/C13H9.C8H11.C6H10.2ClH.Zr/c1-3-7-12-10(5-1)9-11-6-2-4-8-13(11)12;1-6-4-7(2)8(3)5-6;1-2-4-6-5-3-1;;;/h1-9H;4,6H,1-3H3;1-5H2;2*1H;/q2*-1;;;;+2/p-2. The first-order valence-corrected chi connectivity index (χ1v) is 11.7. The number of allylic oxidation sites excluding steroid dienone is 4. The maximum atomic E-state index is 3.29. The SMILES string of the molecule is CC1=[C-]C(C)C=C1C.[Cl-].[Cl-].[Zr+2]=[C]1CCCCC1.c1ccc2c(c1)[cH-]c1ccccc12. The van der Waals surface area contributed by atoms with E-state index in [9.17, 15) is 0 Å². The molecule has 0 nitrogen and oxygen atoms in total. The molecular formula is C27H30Cl2Zr-2. The minimum absolute atomic E-state index is 0. The molecule has 3 heteroatoms. The van der Waals surface area contributed by atoms with Crippen LogP contribution in [0.5, 0.6) is 0 Å². The molecule has 3 aromatic rings. The number of halogens is 2. The summed E-state index contributed by atoms with van der Waals surface area (Å²) in [5, 5.41) is 5.39. The summed E-state index contributed by atoms with van der Waals surface area (Å²) in [5.41, 5.74) is 2.70. The first-order chi connectivity index (χ1) is 13.5. The third kappa shape index (κ3) is 7.67. The van der Waals surface area contributed by atoms with Gasteiger partial charge in [0.15, 0.2) is 0 Å². The van der Waals surface area contributed by atoms with Crippen molar-refractivity contribution in [3.63, 3.8) is 0 Å². The van der Waals surface area contributed by atoms with Gasteiger partial charge in [0, 0.05) is 0 Å². The van der Waals surface area contributed by atoms with Crippen molar-refractivity contribution in [2.24, 2.45) is 5.92 Å². The van der Waals surface area contributed by atoms with Gasteiger partial charge in [-0.05, 0) is 0 Å². The molecule has 0 heterocycles. The summed E-state index contributed by atoms with van der Waals surface area (Å²) in [6, 6.07) is 19.3. The van der Waals surface area contributed by atoms with Crippen LogP contribution in [0, 0.1) is 12.0 Å². The second kappa shape index (κ2) is 13.5. The van der Waals surface area contributed by atoms with Gasteiger partial charge in [0.05, 0.1) is 0 Å². The van der Waals surface area contributed by atoms with Crippen LogP contribution in [-0.2, 0) is 24.2 Å². The fourth-order valence-electron chi connectivity index (χ4n) is 3.88.